The number of hydrogen-bond donors (Lipinski definition) is 0. The Morgan fingerprint density at radius 2 is 1.10 bits per heavy atom. The van der Waals surface area contributed by atoms with Gasteiger partial charge in [-0.15, -0.1) is 0 Å². The number of carbonyl (C=O) groups excluding carboxylic acids is 2. The van der Waals surface area contributed by atoms with E-state index in [0.29, 0.717) is 11.8 Å². The molecule has 5 saturated heterocycles. The molecule has 5 heterocycles. The maximum atomic E-state index is 12.9. The number of nitrogens with zero attached hydrogens (tertiary/aromatic N) is 2. The molecule has 0 N–H and O–H groups in total. The molecule has 0 radical (unpaired) electrons. The predicted molar refractivity (Wildman–Crippen MR) is 77.0 cm³/mol. The third kappa shape index (κ3) is 1.80. The van der Waals surface area contributed by atoms with E-state index in [1.807, 2.05) is 9.80 Å². The van der Waals surface area contributed by atoms with Gasteiger partial charge in [-0.05, 0) is 53.4 Å². The molecule has 4 bridgehead atoms. The average molecular weight is 278 g/mol. The van der Waals surface area contributed by atoms with E-state index in [2.05, 4.69) is 27.7 Å². The minimum absolute atomic E-state index is 0.0289. The lowest BCUT2D eigenvalue weighted by molar-refractivity contribution is -0.170. The lowest BCUT2D eigenvalue weighted by Crippen LogP contribution is -2.68. The van der Waals surface area contributed by atoms with Gasteiger partial charge in [0.1, 0.15) is 0 Å². The zero-order chi connectivity index (χ0) is 14.6. The lowest BCUT2D eigenvalue weighted by Gasteiger charge is -2.56. The zero-order valence-electron chi connectivity index (χ0n) is 13.0. The van der Waals surface area contributed by atoms with Crippen molar-refractivity contribution < 1.29 is 9.59 Å². The fourth-order valence-electron chi connectivity index (χ4n) is 4.71. The first kappa shape index (κ1) is 13.9. The van der Waals surface area contributed by atoms with Gasteiger partial charge < -0.3 is 9.80 Å². The molecule has 0 aromatic rings. The van der Waals surface area contributed by atoms with E-state index in [-0.39, 0.29) is 36.0 Å². The summed E-state index contributed by atoms with van der Waals surface area (Å²) >= 11 is 0. The average Bonchev–Trinajstić information content (AvgIpc) is 2.33. The monoisotopic (exact) mass is 278 g/mol. The van der Waals surface area contributed by atoms with Crippen molar-refractivity contribution in [2.24, 2.45) is 11.8 Å². The zero-order valence-corrected chi connectivity index (χ0v) is 13.0. The Kier molecular flexibility index (Phi) is 3.30. The highest BCUT2D eigenvalue weighted by Crippen LogP contribution is 2.44. The standard InChI is InChI=1S/C16H26N2O2/c1-9(2)17-13-7-5-12(15(17)19)14-8-6-11(13)16(20)18(14)10(3)4/h9-14H,5-8H2,1-4H3/t11-,12-,13-,14-/m0/s1. The summed E-state index contributed by atoms with van der Waals surface area (Å²) in [7, 11) is 0. The number of hydrogen-bond acceptors (Lipinski definition) is 2. The molecule has 6 aliphatic rings. The SMILES string of the molecule is CC(C)N1C(=O)[C@H]2CC[C@H]1[C@@H]1CC[C@@H]2N(C(C)C)C1=O. The largest absolute Gasteiger partial charge is 0.336 e. The van der Waals surface area contributed by atoms with Crippen LogP contribution in [0.3, 0.4) is 0 Å². The fraction of sp³-hybridized carbons (Fsp3) is 0.875. The van der Waals surface area contributed by atoms with E-state index in [4.69, 9.17) is 0 Å². The molecule has 4 nitrogen and oxygen atoms in total. The van der Waals surface area contributed by atoms with E-state index in [9.17, 15) is 9.59 Å². The summed E-state index contributed by atoms with van der Waals surface area (Å²) in [5.41, 5.74) is 0. The first-order valence-corrected chi connectivity index (χ1v) is 8.07. The molecule has 5 aliphatic heterocycles. The van der Waals surface area contributed by atoms with Crippen LogP contribution in [0, 0.1) is 11.8 Å². The van der Waals surface area contributed by atoms with E-state index < -0.39 is 0 Å². The number of carbonyl (C=O) groups is 2. The molecule has 6 rings (SSSR count). The van der Waals surface area contributed by atoms with E-state index in [1.165, 1.54) is 0 Å². The summed E-state index contributed by atoms with van der Waals surface area (Å²) < 4.78 is 0. The van der Waals surface area contributed by atoms with Crippen LogP contribution in [0.5, 0.6) is 0 Å². The van der Waals surface area contributed by atoms with E-state index in [1.54, 1.807) is 0 Å². The van der Waals surface area contributed by atoms with Gasteiger partial charge in [-0.1, -0.05) is 0 Å². The van der Waals surface area contributed by atoms with Crippen LogP contribution in [0.1, 0.15) is 53.4 Å². The second-order valence-electron chi connectivity index (χ2n) is 7.18. The molecule has 2 amide bonds. The van der Waals surface area contributed by atoms with Crippen molar-refractivity contribution in [3.8, 4) is 0 Å². The highest BCUT2D eigenvalue weighted by atomic mass is 16.2. The molecule has 6 fully saturated rings. The van der Waals surface area contributed by atoms with Gasteiger partial charge in [0.2, 0.25) is 11.8 Å². The van der Waals surface area contributed by atoms with Crippen molar-refractivity contribution in [2.75, 3.05) is 0 Å². The van der Waals surface area contributed by atoms with Gasteiger partial charge >= 0.3 is 0 Å². The van der Waals surface area contributed by atoms with Crippen LogP contribution in [0.15, 0.2) is 0 Å². The number of rotatable bonds is 2. The quantitative estimate of drug-likeness (QED) is 0.775. The van der Waals surface area contributed by atoms with Crippen LogP contribution in [0.25, 0.3) is 0 Å². The fourth-order valence-corrected chi connectivity index (χ4v) is 4.71. The van der Waals surface area contributed by atoms with Crippen LogP contribution < -0.4 is 0 Å². The molecule has 4 heteroatoms. The molecule has 4 atom stereocenters. The smallest absolute Gasteiger partial charge is 0.228 e. The van der Waals surface area contributed by atoms with Crippen LogP contribution in [0.2, 0.25) is 0 Å². The van der Waals surface area contributed by atoms with Gasteiger partial charge in [-0.3, -0.25) is 9.59 Å². The minimum atomic E-state index is 0.0289. The summed E-state index contributed by atoms with van der Waals surface area (Å²) in [4.78, 5) is 29.8. The second-order valence-corrected chi connectivity index (χ2v) is 7.18. The van der Waals surface area contributed by atoms with E-state index >= 15 is 0 Å². The highest BCUT2D eigenvalue weighted by Gasteiger charge is 2.54. The molecular weight excluding hydrogens is 252 g/mol. The molecule has 0 aromatic heterocycles. The summed E-state index contributed by atoms with van der Waals surface area (Å²) in [6, 6.07) is 0.674. The van der Waals surface area contributed by atoms with Gasteiger partial charge in [-0.25, -0.2) is 0 Å². The third-order valence-electron chi connectivity index (χ3n) is 5.45. The Hall–Kier alpha value is -1.06. The van der Waals surface area contributed by atoms with Gasteiger partial charge in [0.25, 0.3) is 0 Å². The lowest BCUT2D eigenvalue weighted by atomic mass is 9.70. The van der Waals surface area contributed by atoms with Gasteiger partial charge in [0.05, 0.1) is 11.8 Å². The summed E-state index contributed by atoms with van der Waals surface area (Å²) in [6.45, 7) is 8.31. The first-order chi connectivity index (χ1) is 9.43. The van der Waals surface area contributed by atoms with Crippen molar-refractivity contribution in [2.45, 2.75) is 77.5 Å². The van der Waals surface area contributed by atoms with Gasteiger partial charge in [0.15, 0.2) is 0 Å². The van der Waals surface area contributed by atoms with Crippen LogP contribution in [-0.2, 0) is 9.59 Å². The van der Waals surface area contributed by atoms with Crippen molar-refractivity contribution in [1.29, 1.82) is 0 Å². The van der Waals surface area contributed by atoms with Crippen LogP contribution in [0.4, 0.5) is 0 Å². The molecule has 1 aliphatic carbocycles. The maximum Gasteiger partial charge on any atom is 0.228 e. The van der Waals surface area contributed by atoms with Crippen molar-refractivity contribution >= 4 is 11.8 Å². The number of amides is 2. The summed E-state index contributed by atoms with van der Waals surface area (Å²) in [6.07, 6.45) is 3.94. The summed E-state index contributed by atoms with van der Waals surface area (Å²) in [5, 5.41) is 0. The van der Waals surface area contributed by atoms with Crippen LogP contribution >= 0.6 is 0 Å². The molecule has 0 spiro atoms. The third-order valence-corrected chi connectivity index (χ3v) is 5.45. The van der Waals surface area contributed by atoms with Crippen molar-refractivity contribution in [3.63, 3.8) is 0 Å². The molecule has 112 valence electrons. The van der Waals surface area contributed by atoms with Crippen LogP contribution in [-0.4, -0.2) is 45.8 Å². The summed E-state index contributed by atoms with van der Waals surface area (Å²) in [5.74, 6) is 0.649. The Morgan fingerprint density at radius 3 is 1.40 bits per heavy atom. The topological polar surface area (TPSA) is 40.6 Å². The van der Waals surface area contributed by atoms with Crippen molar-refractivity contribution in [1.82, 2.24) is 9.80 Å². The van der Waals surface area contributed by atoms with Crippen molar-refractivity contribution in [3.05, 3.63) is 0 Å². The normalized spacial score (nSPS) is 37.1. The van der Waals surface area contributed by atoms with E-state index in [0.717, 1.165) is 25.7 Å². The maximum absolute atomic E-state index is 12.9. The minimum Gasteiger partial charge on any atom is -0.336 e. The predicted octanol–water partition coefficient (Wildman–Crippen LogP) is 2.03. The molecular formula is C16H26N2O2. The molecule has 0 unspecified atom stereocenters. The Labute approximate surface area is 121 Å². The number of piperidine rings is 2. The first-order valence-electron chi connectivity index (χ1n) is 8.07. The van der Waals surface area contributed by atoms with Gasteiger partial charge in [0, 0.05) is 24.2 Å². The Bertz CT molecular complexity index is 392. The second kappa shape index (κ2) is 4.74. The molecule has 1 saturated carbocycles. The van der Waals surface area contributed by atoms with Gasteiger partial charge in [-0.2, -0.15) is 0 Å². The highest BCUT2D eigenvalue weighted by molar-refractivity contribution is 5.88. The molecule has 0 aromatic carbocycles. The Morgan fingerprint density at radius 1 is 0.750 bits per heavy atom. The Balaban J connectivity index is 2.04. The molecule has 20 heavy (non-hydrogen) atoms.